The summed E-state index contributed by atoms with van der Waals surface area (Å²) in [6.07, 6.45) is 5.38. The highest BCUT2D eigenvalue weighted by atomic mass is 35.5. The van der Waals surface area contributed by atoms with Crippen LogP contribution in [0.25, 0.3) is 0 Å². The maximum atomic E-state index is 12.1. The van der Waals surface area contributed by atoms with Gasteiger partial charge in [-0.3, -0.25) is 4.79 Å². The molecule has 1 unspecified atom stereocenters. The summed E-state index contributed by atoms with van der Waals surface area (Å²) in [5.74, 6) is 0.971. The predicted octanol–water partition coefficient (Wildman–Crippen LogP) is 5.41. The van der Waals surface area contributed by atoms with E-state index in [2.05, 4.69) is 6.92 Å². The molecule has 0 saturated carbocycles. The third kappa shape index (κ3) is 6.83. The molecule has 0 aliphatic heterocycles. The van der Waals surface area contributed by atoms with Crippen molar-refractivity contribution >= 4 is 17.4 Å². The molecule has 0 aliphatic carbocycles. The Morgan fingerprint density at radius 1 is 1.14 bits per heavy atom. The maximum absolute atomic E-state index is 12.1. The molecule has 2 nitrogen and oxygen atoms in total. The summed E-state index contributed by atoms with van der Waals surface area (Å²) in [5.41, 5.74) is 0.671. The van der Waals surface area contributed by atoms with E-state index in [1.165, 1.54) is 19.3 Å². The molecule has 0 saturated heterocycles. The van der Waals surface area contributed by atoms with Crippen LogP contribution in [0.2, 0.25) is 0 Å². The summed E-state index contributed by atoms with van der Waals surface area (Å²) in [7, 11) is 0. The van der Waals surface area contributed by atoms with E-state index in [1.807, 2.05) is 45.0 Å². The fraction of sp³-hybridized carbons (Fsp3) is 0.632. The first kappa shape index (κ1) is 19.0. The molecule has 0 heterocycles. The van der Waals surface area contributed by atoms with Crippen LogP contribution in [0.5, 0.6) is 5.75 Å². The molecule has 0 radical (unpaired) electrons. The van der Waals surface area contributed by atoms with Crippen LogP contribution in [-0.4, -0.2) is 17.8 Å². The standard InChI is InChI=1S/C19H29ClO2/c1-5-6-7-8-13-22-16-11-9-15(10-12-16)14-17(20)18(21)19(2,3)4/h9-12,17H,5-8,13-14H2,1-4H3. The van der Waals surface area contributed by atoms with Crippen LogP contribution < -0.4 is 4.74 Å². The van der Waals surface area contributed by atoms with Crippen molar-refractivity contribution in [2.24, 2.45) is 5.41 Å². The summed E-state index contributed by atoms with van der Waals surface area (Å²) in [6, 6.07) is 7.90. The van der Waals surface area contributed by atoms with Gasteiger partial charge in [0.15, 0.2) is 5.78 Å². The van der Waals surface area contributed by atoms with Gasteiger partial charge in [0.2, 0.25) is 0 Å². The first-order valence-corrected chi connectivity index (χ1v) is 8.68. The smallest absolute Gasteiger partial charge is 0.156 e. The van der Waals surface area contributed by atoms with Gasteiger partial charge in [0.25, 0.3) is 0 Å². The van der Waals surface area contributed by atoms with Crippen molar-refractivity contribution in [2.75, 3.05) is 6.61 Å². The highest BCUT2D eigenvalue weighted by Crippen LogP contribution is 2.23. The fourth-order valence-electron chi connectivity index (χ4n) is 2.21. The number of hydrogen-bond donors (Lipinski definition) is 0. The number of unbranched alkanes of at least 4 members (excludes halogenated alkanes) is 3. The molecule has 0 fully saturated rings. The molecule has 0 amide bonds. The number of ether oxygens (including phenoxy) is 1. The number of benzene rings is 1. The molecule has 1 aromatic carbocycles. The highest BCUT2D eigenvalue weighted by molar-refractivity contribution is 6.31. The molecule has 0 N–H and O–H groups in total. The normalized spacial score (nSPS) is 13.0. The van der Waals surface area contributed by atoms with E-state index in [4.69, 9.17) is 16.3 Å². The summed E-state index contributed by atoms with van der Waals surface area (Å²) >= 11 is 6.24. The first-order chi connectivity index (χ1) is 10.3. The molecule has 0 aromatic heterocycles. The summed E-state index contributed by atoms with van der Waals surface area (Å²) in [4.78, 5) is 12.1. The van der Waals surface area contributed by atoms with Crippen molar-refractivity contribution in [2.45, 2.75) is 65.2 Å². The predicted molar refractivity (Wildman–Crippen MR) is 93.9 cm³/mol. The summed E-state index contributed by atoms with van der Waals surface area (Å²) < 4.78 is 5.71. The zero-order valence-corrected chi connectivity index (χ0v) is 15.1. The minimum atomic E-state index is -0.471. The third-order valence-electron chi connectivity index (χ3n) is 3.63. The van der Waals surface area contributed by atoms with Gasteiger partial charge in [-0.15, -0.1) is 11.6 Å². The van der Waals surface area contributed by atoms with Crippen LogP contribution in [0.1, 0.15) is 58.9 Å². The first-order valence-electron chi connectivity index (χ1n) is 8.24. The van der Waals surface area contributed by atoms with Crippen LogP contribution in [0.4, 0.5) is 0 Å². The summed E-state index contributed by atoms with van der Waals surface area (Å²) in [6.45, 7) is 8.68. The number of Topliss-reactive ketones (excluding diaryl/α,β-unsaturated/α-hetero) is 1. The van der Waals surface area contributed by atoms with Gasteiger partial charge in [-0.2, -0.15) is 0 Å². The van der Waals surface area contributed by atoms with E-state index in [0.29, 0.717) is 6.42 Å². The van der Waals surface area contributed by atoms with Crippen LogP contribution in [0, 0.1) is 5.41 Å². The zero-order valence-electron chi connectivity index (χ0n) is 14.3. The Bertz CT molecular complexity index is 445. The number of ketones is 1. The van der Waals surface area contributed by atoms with E-state index in [9.17, 15) is 4.79 Å². The second-order valence-electron chi connectivity index (χ2n) is 6.84. The molecule has 1 atom stereocenters. The Morgan fingerprint density at radius 2 is 1.77 bits per heavy atom. The number of halogens is 1. The molecular formula is C19H29ClO2. The largest absolute Gasteiger partial charge is 0.494 e. The van der Waals surface area contributed by atoms with E-state index in [-0.39, 0.29) is 5.78 Å². The van der Waals surface area contributed by atoms with Crippen LogP contribution in [0.15, 0.2) is 24.3 Å². The molecule has 1 rings (SSSR count). The van der Waals surface area contributed by atoms with Crippen LogP contribution in [0.3, 0.4) is 0 Å². The van der Waals surface area contributed by atoms with E-state index < -0.39 is 10.8 Å². The molecular weight excluding hydrogens is 296 g/mol. The fourth-order valence-corrected chi connectivity index (χ4v) is 2.72. The number of carbonyl (C=O) groups is 1. The van der Waals surface area contributed by atoms with Crippen molar-refractivity contribution in [1.82, 2.24) is 0 Å². The SMILES string of the molecule is CCCCCCOc1ccc(CC(Cl)C(=O)C(C)(C)C)cc1. The van der Waals surface area contributed by atoms with Crippen molar-refractivity contribution in [3.05, 3.63) is 29.8 Å². The van der Waals surface area contributed by atoms with Gasteiger partial charge in [-0.05, 0) is 30.5 Å². The molecule has 3 heteroatoms. The lowest BCUT2D eigenvalue weighted by Gasteiger charge is -2.20. The molecule has 0 aliphatic rings. The lowest BCUT2D eigenvalue weighted by Crippen LogP contribution is -2.30. The average Bonchev–Trinajstić information content (AvgIpc) is 2.47. The van der Waals surface area contributed by atoms with Gasteiger partial charge >= 0.3 is 0 Å². The van der Waals surface area contributed by atoms with Gasteiger partial charge in [0.1, 0.15) is 5.75 Å². The van der Waals surface area contributed by atoms with Gasteiger partial charge in [0.05, 0.1) is 12.0 Å². The van der Waals surface area contributed by atoms with E-state index in [1.54, 1.807) is 0 Å². The van der Waals surface area contributed by atoms with Gasteiger partial charge < -0.3 is 4.74 Å². The average molecular weight is 325 g/mol. The second-order valence-corrected chi connectivity index (χ2v) is 7.37. The lowest BCUT2D eigenvalue weighted by atomic mass is 9.87. The Morgan fingerprint density at radius 3 is 2.32 bits per heavy atom. The van der Waals surface area contributed by atoms with Gasteiger partial charge in [0, 0.05) is 5.41 Å². The molecule has 124 valence electrons. The van der Waals surface area contributed by atoms with E-state index >= 15 is 0 Å². The lowest BCUT2D eigenvalue weighted by molar-refractivity contribution is -0.125. The topological polar surface area (TPSA) is 26.3 Å². The Labute approximate surface area is 140 Å². The number of carbonyl (C=O) groups excluding carboxylic acids is 1. The number of alkyl halides is 1. The monoisotopic (exact) mass is 324 g/mol. The number of rotatable bonds is 9. The third-order valence-corrected chi connectivity index (χ3v) is 3.98. The number of hydrogen-bond acceptors (Lipinski definition) is 2. The Hall–Kier alpha value is -1.02. The minimum absolute atomic E-state index is 0.0883. The van der Waals surface area contributed by atoms with Crippen molar-refractivity contribution in [3.63, 3.8) is 0 Å². The maximum Gasteiger partial charge on any atom is 0.156 e. The highest BCUT2D eigenvalue weighted by Gasteiger charge is 2.28. The van der Waals surface area contributed by atoms with Gasteiger partial charge in [-0.25, -0.2) is 0 Å². The molecule has 0 spiro atoms. The molecule has 0 bridgehead atoms. The Kier molecular flexibility index (Phi) is 7.95. The van der Waals surface area contributed by atoms with Crippen molar-refractivity contribution < 1.29 is 9.53 Å². The van der Waals surface area contributed by atoms with Gasteiger partial charge in [-0.1, -0.05) is 59.1 Å². The Balaban J connectivity index is 2.43. The van der Waals surface area contributed by atoms with Crippen molar-refractivity contribution in [1.29, 1.82) is 0 Å². The van der Waals surface area contributed by atoms with Crippen LogP contribution in [-0.2, 0) is 11.2 Å². The molecule has 22 heavy (non-hydrogen) atoms. The second kappa shape index (κ2) is 9.19. The van der Waals surface area contributed by atoms with E-state index in [0.717, 1.165) is 24.3 Å². The summed E-state index contributed by atoms with van der Waals surface area (Å²) in [5, 5.41) is -0.471. The minimum Gasteiger partial charge on any atom is -0.494 e. The zero-order chi connectivity index (χ0) is 16.6. The van der Waals surface area contributed by atoms with Crippen molar-refractivity contribution in [3.8, 4) is 5.75 Å². The quantitative estimate of drug-likeness (QED) is 0.448. The molecule has 1 aromatic rings. The van der Waals surface area contributed by atoms with Crippen LogP contribution >= 0.6 is 11.6 Å².